The molecule has 0 heterocycles. The molecule has 23 heavy (non-hydrogen) atoms. The van der Waals surface area contributed by atoms with Crippen molar-refractivity contribution in [2.24, 2.45) is 0 Å². The highest BCUT2D eigenvalue weighted by Crippen LogP contribution is 2.33. The number of nitrogens with one attached hydrogen (secondary N) is 1. The summed E-state index contributed by atoms with van der Waals surface area (Å²) >= 11 is 0. The summed E-state index contributed by atoms with van der Waals surface area (Å²) in [4.78, 5) is 10.7. The summed E-state index contributed by atoms with van der Waals surface area (Å²) in [5.74, 6) is 0.178. The van der Waals surface area contributed by atoms with Gasteiger partial charge >= 0.3 is 6.09 Å². The van der Waals surface area contributed by atoms with Gasteiger partial charge in [0.2, 0.25) is 9.84 Å². The number of anilines is 1. The molecule has 0 aliphatic heterocycles. The van der Waals surface area contributed by atoms with Gasteiger partial charge in [-0.25, -0.2) is 13.2 Å². The van der Waals surface area contributed by atoms with E-state index in [2.05, 4.69) is 11.9 Å². The van der Waals surface area contributed by atoms with Crippen molar-refractivity contribution in [2.45, 2.75) is 9.79 Å². The van der Waals surface area contributed by atoms with Gasteiger partial charge in [0.05, 0.1) is 10.6 Å². The number of carbonyl (C=O) groups is 1. The summed E-state index contributed by atoms with van der Waals surface area (Å²) in [5, 5.41) is 10.9. The maximum Gasteiger partial charge on any atom is 0.409 e. The topological polar surface area (TPSA) is 92.7 Å². The number of benzene rings is 2. The molecule has 0 bridgehead atoms. The van der Waals surface area contributed by atoms with Gasteiger partial charge in [-0.05, 0) is 24.3 Å². The molecule has 2 N–H and O–H groups in total. The Balaban J connectivity index is 2.56. The zero-order chi connectivity index (χ0) is 16.9. The maximum atomic E-state index is 12.9. The van der Waals surface area contributed by atoms with Gasteiger partial charge in [-0.1, -0.05) is 36.9 Å². The highest BCUT2D eigenvalue weighted by molar-refractivity contribution is 7.91. The van der Waals surface area contributed by atoms with E-state index in [0.717, 1.165) is 0 Å². The Morgan fingerprint density at radius 2 is 1.74 bits per heavy atom. The van der Waals surface area contributed by atoms with Crippen LogP contribution in [0.2, 0.25) is 0 Å². The Bertz CT molecular complexity index is 830. The molecule has 0 unspecified atom stereocenters. The second-order valence-corrected chi connectivity index (χ2v) is 6.36. The average Bonchev–Trinajstić information content (AvgIpc) is 2.53. The molecule has 1 amide bonds. The fourth-order valence-corrected chi connectivity index (χ4v) is 3.53. The van der Waals surface area contributed by atoms with Gasteiger partial charge in [0.25, 0.3) is 0 Å². The first kappa shape index (κ1) is 16.6. The molecule has 0 aromatic heterocycles. The van der Waals surface area contributed by atoms with E-state index in [0.29, 0.717) is 0 Å². The van der Waals surface area contributed by atoms with Gasteiger partial charge in [0, 0.05) is 0 Å². The zero-order valence-electron chi connectivity index (χ0n) is 12.1. The summed E-state index contributed by atoms with van der Waals surface area (Å²) in [6.45, 7) is 3.68. The number of sulfone groups is 1. The number of carboxylic acid groups (broad SMARTS) is 1. The third-order valence-corrected chi connectivity index (χ3v) is 4.76. The van der Waals surface area contributed by atoms with Crippen LogP contribution in [0.5, 0.6) is 5.75 Å². The number of amides is 1. The lowest BCUT2D eigenvalue weighted by Crippen LogP contribution is -2.13. The third kappa shape index (κ3) is 3.70. The largest absolute Gasteiger partial charge is 0.488 e. The lowest BCUT2D eigenvalue weighted by atomic mass is 10.3. The molecular weight excluding hydrogens is 318 g/mol. The van der Waals surface area contributed by atoms with Crippen molar-refractivity contribution in [3.8, 4) is 5.75 Å². The van der Waals surface area contributed by atoms with Crippen LogP contribution in [0, 0.1) is 0 Å². The van der Waals surface area contributed by atoms with E-state index in [1.54, 1.807) is 18.2 Å². The van der Waals surface area contributed by atoms with Crippen molar-refractivity contribution < 1.29 is 23.1 Å². The summed E-state index contributed by atoms with van der Waals surface area (Å²) < 4.78 is 31.1. The Labute approximate surface area is 134 Å². The minimum absolute atomic E-state index is 0.0153. The van der Waals surface area contributed by atoms with Gasteiger partial charge in [-0.2, -0.15) is 0 Å². The summed E-state index contributed by atoms with van der Waals surface area (Å²) in [5.41, 5.74) is -0.0153. The molecule has 6 nitrogen and oxygen atoms in total. The van der Waals surface area contributed by atoms with Gasteiger partial charge in [0.15, 0.2) is 0 Å². The number of hydrogen-bond donors (Lipinski definition) is 2. The summed E-state index contributed by atoms with van der Waals surface area (Å²) in [6.07, 6.45) is 0.160. The number of hydrogen-bond acceptors (Lipinski definition) is 4. The molecule has 7 heteroatoms. The Hall–Kier alpha value is -2.80. The van der Waals surface area contributed by atoms with Crippen LogP contribution in [0.25, 0.3) is 0 Å². The molecule has 0 aliphatic carbocycles. The van der Waals surface area contributed by atoms with Crippen LogP contribution >= 0.6 is 0 Å². The lowest BCUT2D eigenvalue weighted by Gasteiger charge is -2.13. The normalized spacial score (nSPS) is 10.8. The first-order chi connectivity index (χ1) is 11.0. The molecule has 0 fully saturated rings. The fraction of sp³-hybridized carbons (Fsp3) is 0.0625. The lowest BCUT2D eigenvalue weighted by molar-refractivity contribution is 0.209. The van der Waals surface area contributed by atoms with Crippen LogP contribution in [0.4, 0.5) is 10.5 Å². The van der Waals surface area contributed by atoms with Crippen LogP contribution in [-0.4, -0.2) is 26.2 Å². The Morgan fingerprint density at radius 1 is 1.13 bits per heavy atom. The molecule has 0 saturated carbocycles. The van der Waals surface area contributed by atoms with Crippen LogP contribution in [0.3, 0.4) is 0 Å². The molecule has 2 aromatic rings. The molecule has 0 atom stereocenters. The molecule has 0 aliphatic rings. The van der Waals surface area contributed by atoms with Crippen molar-refractivity contribution in [2.75, 3.05) is 11.9 Å². The standard InChI is InChI=1S/C16H15NO5S/c1-2-11-22-13-8-4-6-10-15(13)23(20,21)14-9-5-3-7-12(14)17-16(18)19/h2-10,17H,1,11H2,(H,18,19). The van der Waals surface area contributed by atoms with Crippen molar-refractivity contribution in [1.82, 2.24) is 0 Å². The van der Waals surface area contributed by atoms with E-state index < -0.39 is 15.9 Å². The van der Waals surface area contributed by atoms with Crippen LogP contribution in [-0.2, 0) is 9.84 Å². The van der Waals surface area contributed by atoms with Gasteiger partial charge < -0.3 is 9.84 Å². The van der Waals surface area contributed by atoms with Crippen LogP contribution in [0.15, 0.2) is 71.0 Å². The number of rotatable bonds is 6. The SMILES string of the molecule is C=CCOc1ccccc1S(=O)(=O)c1ccccc1NC(=O)O. The molecule has 2 rings (SSSR count). The summed E-state index contributed by atoms with van der Waals surface area (Å²) in [7, 11) is -3.96. The molecule has 0 spiro atoms. The van der Waals surface area contributed by atoms with E-state index >= 15 is 0 Å². The average molecular weight is 333 g/mol. The smallest absolute Gasteiger partial charge is 0.409 e. The number of ether oxygens (including phenoxy) is 1. The highest BCUT2D eigenvalue weighted by atomic mass is 32.2. The van der Waals surface area contributed by atoms with Gasteiger partial charge in [0.1, 0.15) is 17.3 Å². The van der Waals surface area contributed by atoms with Gasteiger partial charge in [-0.15, -0.1) is 0 Å². The predicted molar refractivity (Wildman–Crippen MR) is 85.7 cm³/mol. The Kier molecular flexibility index (Phi) is 5.02. The third-order valence-electron chi connectivity index (χ3n) is 2.91. The highest BCUT2D eigenvalue weighted by Gasteiger charge is 2.25. The first-order valence-corrected chi connectivity index (χ1v) is 8.12. The number of para-hydroxylation sites is 2. The first-order valence-electron chi connectivity index (χ1n) is 6.63. The molecular formula is C16H15NO5S. The molecule has 2 aromatic carbocycles. The van der Waals surface area contributed by atoms with E-state index in [-0.39, 0.29) is 27.8 Å². The monoisotopic (exact) mass is 333 g/mol. The van der Waals surface area contributed by atoms with E-state index in [1.165, 1.54) is 36.4 Å². The molecule has 0 radical (unpaired) electrons. The second-order valence-electron chi connectivity index (χ2n) is 4.48. The second kappa shape index (κ2) is 6.97. The van der Waals surface area contributed by atoms with Crippen molar-refractivity contribution >= 4 is 21.6 Å². The zero-order valence-corrected chi connectivity index (χ0v) is 12.9. The summed E-state index contributed by atoms with van der Waals surface area (Å²) in [6, 6.07) is 11.9. The Morgan fingerprint density at radius 3 is 2.39 bits per heavy atom. The molecule has 0 saturated heterocycles. The van der Waals surface area contributed by atoms with E-state index in [4.69, 9.17) is 9.84 Å². The van der Waals surface area contributed by atoms with E-state index in [9.17, 15) is 13.2 Å². The quantitative estimate of drug-likeness (QED) is 0.792. The maximum absolute atomic E-state index is 12.9. The van der Waals surface area contributed by atoms with Crippen molar-refractivity contribution in [1.29, 1.82) is 0 Å². The van der Waals surface area contributed by atoms with E-state index in [1.807, 2.05) is 0 Å². The predicted octanol–water partition coefficient (Wildman–Crippen LogP) is 3.17. The van der Waals surface area contributed by atoms with Crippen molar-refractivity contribution in [3.05, 3.63) is 61.2 Å². The minimum Gasteiger partial charge on any atom is -0.488 e. The van der Waals surface area contributed by atoms with Crippen LogP contribution in [0.1, 0.15) is 0 Å². The van der Waals surface area contributed by atoms with Crippen LogP contribution < -0.4 is 10.1 Å². The fourth-order valence-electron chi connectivity index (χ4n) is 1.98. The minimum atomic E-state index is -3.96. The van der Waals surface area contributed by atoms with Gasteiger partial charge in [-0.3, -0.25) is 5.32 Å². The molecule has 120 valence electrons. The van der Waals surface area contributed by atoms with Crippen molar-refractivity contribution in [3.63, 3.8) is 0 Å².